The second-order valence-electron chi connectivity index (χ2n) is 6.86. The van der Waals surface area contributed by atoms with Gasteiger partial charge < -0.3 is 14.8 Å². The Labute approximate surface area is 185 Å². The number of nitro benzene ring substituents is 1. The van der Waals surface area contributed by atoms with E-state index in [1.165, 1.54) is 48.2 Å². The first kappa shape index (κ1) is 21.1. The zero-order chi connectivity index (χ0) is 22.7. The van der Waals surface area contributed by atoms with Gasteiger partial charge in [0.15, 0.2) is 0 Å². The van der Waals surface area contributed by atoms with Crippen molar-refractivity contribution < 1.29 is 19.2 Å². The molecule has 4 rings (SSSR count). The second-order valence-corrected chi connectivity index (χ2v) is 7.91. The van der Waals surface area contributed by atoms with Crippen LogP contribution in [0.1, 0.15) is 15.9 Å². The number of fused-ring (bicyclic) bond motifs is 1. The van der Waals surface area contributed by atoms with E-state index < -0.39 is 16.5 Å². The van der Waals surface area contributed by atoms with Crippen LogP contribution in [0.3, 0.4) is 0 Å². The van der Waals surface area contributed by atoms with Crippen molar-refractivity contribution in [2.75, 3.05) is 5.32 Å². The standard InChI is InChI=1S/C23H16N2O6S/c26-19-8-7-14-9-16(23(28)31-21(14)12-19)13-32-20-6-2-4-17(11-20)24-22(27)15-3-1-5-18(10-15)25(29)30/h1-12,26H,13H2,(H,24,27). The van der Waals surface area contributed by atoms with Gasteiger partial charge in [0, 0.05) is 51.0 Å². The number of anilines is 1. The summed E-state index contributed by atoms with van der Waals surface area (Å²) in [7, 11) is 0. The maximum absolute atomic E-state index is 12.5. The first-order valence-corrected chi connectivity index (χ1v) is 10.4. The number of rotatable bonds is 6. The number of hydrogen-bond donors (Lipinski definition) is 2. The highest BCUT2D eigenvalue weighted by Crippen LogP contribution is 2.27. The molecule has 0 radical (unpaired) electrons. The van der Waals surface area contributed by atoms with E-state index in [0.29, 0.717) is 28.0 Å². The van der Waals surface area contributed by atoms with Crippen LogP contribution in [0.2, 0.25) is 0 Å². The number of carbonyl (C=O) groups is 1. The molecule has 0 spiro atoms. The Balaban J connectivity index is 1.47. The lowest BCUT2D eigenvalue weighted by atomic mass is 10.2. The number of phenolic OH excluding ortho intramolecular Hbond substituents is 1. The molecule has 9 heteroatoms. The largest absolute Gasteiger partial charge is 0.508 e. The van der Waals surface area contributed by atoms with Gasteiger partial charge in [-0.1, -0.05) is 12.1 Å². The molecule has 0 aliphatic rings. The number of carbonyl (C=O) groups excluding carboxylic acids is 1. The zero-order valence-corrected chi connectivity index (χ0v) is 17.3. The lowest BCUT2D eigenvalue weighted by Crippen LogP contribution is -2.12. The predicted octanol–water partition coefficient (Wildman–Crippen LogP) is 4.95. The van der Waals surface area contributed by atoms with E-state index in [1.54, 1.807) is 30.3 Å². The number of phenols is 1. The van der Waals surface area contributed by atoms with Gasteiger partial charge in [-0.05, 0) is 42.5 Å². The quantitative estimate of drug-likeness (QED) is 0.185. The molecule has 1 aromatic heterocycles. The SMILES string of the molecule is O=C(Nc1cccc(SCc2cc3ccc(O)cc3oc2=O)c1)c1cccc([N+](=O)[O-])c1. The molecule has 0 saturated carbocycles. The van der Waals surface area contributed by atoms with Gasteiger partial charge >= 0.3 is 5.63 Å². The van der Waals surface area contributed by atoms with E-state index in [-0.39, 0.29) is 17.0 Å². The Morgan fingerprint density at radius 2 is 1.88 bits per heavy atom. The molecule has 32 heavy (non-hydrogen) atoms. The van der Waals surface area contributed by atoms with Gasteiger partial charge in [-0.25, -0.2) is 4.79 Å². The fraction of sp³-hybridized carbons (Fsp3) is 0.0435. The van der Waals surface area contributed by atoms with Gasteiger partial charge in [-0.3, -0.25) is 14.9 Å². The van der Waals surface area contributed by atoms with Gasteiger partial charge in [0.1, 0.15) is 11.3 Å². The molecule has 1 heterocycles. The average Bonchev–Trinajstić information content (AvgIpc) is 2.78. The predicted molar refractivity (Wildman–Crippen MR) is 121 cm³/mol. The fourth-order valence-electron chi connectivity index (χ4n) is 3.03. The molecular formula is C23H16N2O6S. The summed E-state index contributed by atoms with van der Waals surface area (Å²) < 4.78 is 5.28. The lowest BCUT2D eigenvalue weighted by molar-refractivity contribution is -0.384. The van der Waals surface area contributed by atoms with Crippen molar-refractivity contribution in [2.45, 2.75) is 10.6 Å². The van der Waals surface area contributed by atoms with Gasteiger partial charge in [0.25, 0.3) is 11.6 Å². The van der Waals surface area contributed by atoms with Crippen molar-refractivity contribution in [1.29, 1.82) is 0 Å². The topological polar surface area (TPSA) is 123 Å². The number of non-ortho nitro benzene ring substituents is 1. The number of amides is 1. The minimum Gasteiger partial charge on any atom is -0.508 e. The summed E-state index contributed by atoms with van der Waals surface area (Å²) >= 11 is 1.39. The molecule has 2 N–H and O–H groups in total. The smallest absolute Gasteiger partial charge is 0.340 e. The molecule has 0 fully saturated rings. The third-order valence-electron chi connectivity index (χ3n) is 4.60. The zero-order valence-electron chi connectivity index (χ0n) is 16.5. The Kier molecular flexibility index (Phi) is 5.91. The Bertz CT molecular complexity index is 1400. The minimum atomic E-state index is -0.555. The van der Waals surface area contributed by atoms with E-state index in [2.05, 4.69) is 5.32 Å². The summed E-state index contributed by atoms with van der Waals surface area (Å²) in [5, 5.41) is 23.9. The minimum absolute atomic E-state index is 0.0201. The van der Waals surface area contributed by atoms with Crippen molar-refractivity contribution in [3.63, 3.8) is 0 Å². The Morgan fingerprint density at radius 3 is 2.69 bits per heavy atom. The monoisotopic (exact) mass is 448 g/mol. The number of aromatic hydroxyl groups is 1. The molecule has 0 saturated heterocycles. The number of benzene rings is 3. The number of thioether (sulfide) groups is 1. The fourth-order valence-corrected chi connectivity index (χ4v) is 3.94. The van der Waals surface area contributed by atoms with Crippen LogP contribution in [-0.2, 0) is 5.75 Å². The van der Waals surface area contributed by atoms with Crippen molar-refractivity contribution in [3.8, 4) is 5.75 Å². The molecule has 8 nitrogen and oxygen atoms in total. The second kappa shape index (κ2) is 8.94. The highest BCUT2D eigenvalue weighted by Gasteiger charge is 2.12. The maximum atomic E-state index is 12.5. The van der Waals surface area contributed by atoms with E-state index in [0.717, 1.165) is 4.90 Å². The molecule has 1 amide bonds. The van der Waals surface area contributed by atoms with Crippen LogP contribution in [0, 0.1) is 10.1 Å². The molecule has 0 bridgehead atoms. The molecule has 4 aromatic rings. The first-order valence-electron chi connectivity index (χ1n) is 9.43. The summed E-state index contributed by atoms with van der Waals surface area (Å²) in [4.78, 5) is 35.9. The molecule has 160 valence electrons. The normalized spacial score (nSPS) is 10.8. The van der Waals surface area contributed by atoms with Gasteiger partial charge in [0.05, 0.1) is 4.92 Å². The summed E-state index contributed by atoms with van der Waals surface area (Å²) in [5.74, 6) is -0.0949. The third kappa shape index (κ3) is 4.79. The van der Waals surface area contributed by atoms with Crippen LogP contribution in [0.25, 0.3) is 11.0 Å². The van der Waals surface area contributed by atoms with Crippen molar-refractivity contribution in [2.24, 2.45) is 0 Å². The van der Waals surface area contributed by atoms with Gasteiger partial charge in [-0.2, -0.15) is 0 Å². The van der Waals surface area contributed by atoms with Crippen LogP contribution in [-0.4, -0.2) is 15.9 Å². The van der Waals surface area contributed by atoms with Crippen molar-refractivity contribution in [1.82, 2.24) is 0 Å². The van der Waals surface area contributed by atoms with Crippen LogP contribution in [0.15, 0.2) is 86.9 Å². The van der Waals surface area contributed by atoms with E-state index in [1.807, 2.05) is 6.07 Å². The molecule has 0 aliphatic carbocycles. The Morgan fingerprint density at radius 1 is 1.06 bits per heavy atom. The highest BCUT2D eigenvalue weighted by molar-refractivity contribution is 7.98. The van der Waals surface area contributed by atoms with E-state index in [9.17, 15) is 24.8 Å². The first-order chi connectivity index (χ1) is 15.4. The molecule has 0 atom stereocenters. The Hall–Kier alpha value is -4.11. The molecule has 0 unspecified atom stereocenters. The molecular weight excluding hydrogens is 432 g/mol. The van der Waals surface area contributed by atoms with Crippen LogP contribution < -0.4 is 10.9 Å². The van der Waals surface area contributed by atoms with Gasteiger partial charge in [0.2, 0.25) is 0 Å². The summed E-state index contributed by atoms with van der Waals surface area (Å²) in [6.07, 6.45) is 0. The third-order valence-corrected chi connectivity index (χ3v) is 5.64. The van der Waals surface area contributed by atoms with E-state index >= 15 is 0 Å². The van der Waals surface area contributed by atoms with E-state index in [4.69, 9.17) is 4.42 Å². The maximum Gasteiger partial charge on any atom is 0.340 e. The van der Waals surface area contributed by atoms with Crippen LogP contribution in [0.4, 0.5) is 11.4 Å². The number of nitrogens with one attached hydrogen (secondary N) is 1. The number of nitrogens with zero attached hydrogens (tertiary/aromatic N) is 1. The summed E-state index contributed by atoms with van der Waals surface area (Å²) in [6, 6.07) is 18.9. The number of nitro groups is 1. The summed E-state index contributed by atoms with van der Waals surface area (Å²) in [5.41, 5.74) is 0.843. The van der Waals surface area contributed by atoms with Crippen LogP contribution in [0.5, 0.6) is 5.75 Å². The number of hydrogen-bond acceptors (Lipinski definition) is 7. The molecule has 0 aliphatic heterocycles. The lowest BCUT2D eigenvalue weighted by Gasteiger charge is -2.08. The highest BCUT2D eigenvalue weighted by atomic mass is 32.2. The van der Waals surface area contributed by atoms with Crippen molar-refractivity contribution >= 4 is 40.0 Å². The summed E-state index contributed by atoms with van der Waals surface area (Å²) in [6.45, 7) is 0. The van der Waals surface area contributed by atoms with Crippen LogP contribution >= 0.6 is 11.8 Å². The van der Waals surface area contributed by atoms with Gasteiger partial charge in [-0.15, -0.1) is 11.8 Å². The van der Waals surface area contributed by atoms with Crippen molar-refractivity contribution in [3.05, 3.63) is 104 Å². The average molecular weight is 448 g/mol. The molecule has 3 aromatic carbocycles.